The van der Waals surface area contributed by atoms with Gasteiger partial charge in [-0.3, -0.25) is 9.59 Å². The summed E-state index contributed by atoms with van der Waals surface area (Å²) in [5.41, 5.74) is -0.190. The highest BCUT2D eigenvalue weighted by atomic mass is 79.9. The van der Waals surface area contributed by atoms with Gasteiger partial charge in [-0.05, 0) is 54.4 Å². The highest BCUT2D eigenvalue weighted by Gasteiger charge is 2.47. The van der Waals surface area contributed by atoms with Crippen molar-refractivity contribution in [2.45, 2.75) is 44.8 Å². The summed E-state index contributed by atoms with van der Waals surface area (Å²) in [5.74, 6) is -0.173. The Labute approximate surface area is 186 Å². The molecular formula is C17H23BrF3N3O6S. The number of rotatable bonds is 8. The fraction of sp³-hybridized carbons (Fsp3) is 0.529. The van der Waals surface area contributed by atoms with Gasteiger partial charge >= 0.3 is 21.7 Å². The molecule has 0 bridgehead atoms. The molecule has 0 saturated carbocycles. The summed E-state index contributed by atoms with van der Waals surface area (Å²) in [7, 11) is -5.63. The Morgan fingerprint density at radius 3 is 2.32 bits per heavy atom. The van der Waals surface area contributed by atoms with Crippen LogP contribution in [-0.4, -0.2) is 49.7 Å². The maximum Gasteiger partial charge on any atom is 0.523 e. The summed E-state index contributed by atoms with van der Waals surface area (Å²) < 4.78 is 73.0. The van der Waals surface area contributed by atoms with Crippen LogP contribution in [0.4, 0.5) is 18.0 Å². The van der Waals surface area contributed by atoms with E-state index in [-0.39, 0.29) is 19.6 Å². The topological polar surface area (TPSA) is 132 Å². The fourth-order valence-electron chi connectivity index (χ4n) is 1.98. The van der Waals surface area contributed by atoms with Gasteiger partial charge in [-0.1, -0.05) is 6.07 Å². The van der Waals surface area contributed by atoms with E-state index in [0.717, 1.165) is 4.90 Å². The number of ether oxygens (including phenoxy) is 2. The molecule has 0 heterocycles. The van der Waals surface area contributed by atoms with Crippen molar-refractivity contribution in [2.24, 2.45) is 5.73 Å². The number of halogens is 4. The third-order valence-corrected chi connectivity index (χ3v) is 4.97. The predicted octanol–water partition coefficient (Wildman–Crippen LogP) is 3.71. The molecule has 31 heavy (non-hydrogen) atoms. The molecule has 0 radical (unpaired) electrons. The van der Waals surface area contributed by atoms with Gasteiger partial charge in [0.1, 0.15) is 11.4 Å². The summed E-state index contributed by atoms with van der Waals surface area (Å²) in [6.45, 7) is 4.18. The summed E-state index contributed by atoms with van der Waals surface area (Å²) in [6.07, 6.45) is -0.898. The van der Waals surface area contributed by atoms with Crippen molar-refractivity contribution < 1.29 is 40.0 Å². The first-order chi connectivity index (χ1) is 14.0. The zero-order chi connectivity index (χ0) is 24.0. The number of hydrogen-bond acceptors (Lipinski definition) is 7. The summed E-state index contributed by atoms with van der Waals surface area (Å²) >= 11 is 3.27. The first kappa shape index (κ1) is 27.0. The monoisotopic (exact) mass is 533 g/mol. The van der Waals surface area contributed by atoms with Crippen LogP contribution in [0, 0.1) is 5.41 Å². The number of nitrogens with two attached hydrogens (primary N) is 1. The number of nitrogens with one attached hydrogen (secondary N) is 1. The molecule has 0 aliphatic rings. The molecule has 14 heteroatoms. The molecule has 0 atom stereocenters. The average Bonchev–Trinajstić information content (AvgIpc) is 2.57. The lowest BCUT2D eigenvalue weighted by atomic mass is 10.2. The lowest BCUT2D eigenvalue weighted by Crippen LogP contribution is -2.43. The Hall–Kier alpha value is -2.06. The zero-order valence-electron chi connectivity index (χ0n) is 17.0. The number of benzene rings is 1. The van der Waals surface area contributed by atoms with Gasteiger partial charge in [0.05, 0.1) is 24.2 Å². The highest BCUT2D eigenvalue weighted by molar-refractivity contribution is 9.10. The van der Waals surface area contributed by atoms with Gasteiger partial charge in [-0.2, -0.15) is 21.6 Å². The second-order valence-electron chi connectivity index (χ2n) is 7.14. The van der Waals surface area contributed by atoms with Crippen molar-refractivity contribution in [3.05, 3.63) is 28.2 Å². The zero-order valence-corrected chi connectivity index (χ0v) is 19.4. The van der Waals surface area contributed by atoms with Crippen LogP contribution in [0.5, 0.6) is 5.75 Å². The van der Waals surface area contributed by atoms with Crippen molar-refractivity contribution in [3.8, 4) is 5.75 Å². The van der Waals surface area contributed by atoms with Gasteiger partial charge < -0.3 is 15.2 Å². The number of amides is 1. The molecule has 0 unspecified atom stereocenters. The number of hydrogen-bond donors (Lipinski definition) is 2. The largest absolute Gasteiger partial charge is 0.523 e. The molecule has 176 valence electrons. The second kappa shape index (κ2) is 10.5. The van der Waals surface area contributed by atoms with Crippen LogP contribution in [0.25, 0.3) is 0 Å². The quantitative estimate of drug-likeness (QED) is 0.171. The number of carbonyl (C=O) groups is 1. The molecule has 0 saturated heterocycles. The predicted molar refractivity (Wildman–Crippen MR) is 109 cm³/mol. The van der Waals surface area contributed by atoms with Gasteiger partial charge in [-0.25, -0.2) is 9.69 Å². The number of nitrogens with zero attached hydrogens (tertiary/aromatic N) is 1. The molecule has 9 nitrogen and oxygen atoms in total. The molecule has 1 amide bonds. The van der Waals surface area contributed by atoms with E-state index in [9.17, 15) is 26.4 Å². The minimum Gasteiger partial charge on any atom is -0.492 e. The van der Waals surface area contributed by atoms with E-state index >= 15 is 0 Å². The molecule has 0 aromatic heterocycles. The molecule has 1 rings (SSSR count). The summed E-state index contributed by atoms with van der Waals surface area (Å²) in [4.78, 5) is 13.1. The smallest absolute Gasteiger partial charge is 0.492 e. The van der Waals surface area contributed by atoms with Gasteiger partial charge in [0.15, 0.2) is 5.96 Å². The van der Waals surface area contributed by atoms with Gasteiger partial charge in [-0.15, -0.1) is 0 Å². The lowest BCUT2D eigenvalue weighted by Gasteiger charge is -2.26. The third-order valence-electron chi connectivity index (χ3n) is 3.31. The minimum absolute atomic E-state index is 0.0493. The van der Waals surface area contributed by atoms with E-state index in [1.165, 1.54) is 6.07 Å². The third kappa shape index (κ3) is 8.91. The average molecular weight is 534 g/mol. The van der Waals surface area contributed by atoms with Crippen LogP contribution < -0.4 is 10.5 Å². The van der Waals surface area contributed by atoms with E-state index in [1.54, 1.807) is 32.9 Å². The molecule has 0 fully saturated rings. The van der Waals surface area contributed by atoms with Crippen molar-refractivity contribution >= 4 is 38.1 Å². The number of alkyl halides is 3. The minimum atomic E-state index is -5.63. The maximum atomic E-state index is 12.2. The summed E-state index contributed by atoms with van der Waals surface area (Å²) in [6, 6.07) is 4.71. The van der Waals surface area contributed by atoms with Crippen molar-refractivity contribution in [3.63, 3.8) is 0 Å². The van der Waals surface area contributed by atoms with Crippen LogP contribution >= 0.6 is 15.9 Å². The van der Waals surface area contributed by atoms with E-state index in [4.69, 9.17) is 20.6 Å². The molecule has 0 aliphatic heterocycles. The first-order valence-corrected chi connectivity index (χ1v) is 10.9. The van der Waals surface area contributed by atoms with E-state index in [1.807, 2.05) is 0 Å². The van der Waals surface area contributed by atoms with Crippen molar-refractivity contribution in [1.29, 1.82) is 5.41 Å². The van der Waals surface area contributed by atoms with Crippen LogP contribution in [0.15, 0.2) is 22.7 Å². The molecule has 1 aromatic carbocycles. The Kier molecular flexibility index (Phi) is 9.14. The first-order valence-electron chi connectivity index (χ1n) is 8.75. The van der Waals surface area contributed by atoms with Gasteiger partial charge in [0.25, 0.3) is 0 Å². The molecule has 1 aromatic rings. The Balaban J connectivity index is 2.66. The Morgan fingerprint density at radius 2 is 1.84 bits per heavy atom. The van der Waals surface area contributed by atoms with Crippen LogP contribution in [0.2, 0.25) is 0 Å². The normalized spacial score (nSPS) is 12.4. The second-order valence-corrected chi connectivity index (χ2v) is 9.60. The SMILES string of the molecule is CC(C)(C)OC(=O)N(Cc1ccc(OCCCOS(=O)(=O)C(F)(F)F)c(Br)c1)C(=N)N. The number of guanidine groups is 1. The standard InChI is InChI=1S/C17H23BrF3N3O6S/c1-16(2,3)30-15(25)24(14(22)23)10-11-5-6-13(12(18)9-11)28-7-4-8-29-31(26,27)17(19,20)21/h5-6,9H,4,7-8,10H2,1-3H3,(H3,22,23). The molecule has 0 aliphatic carbocycles. The molecular weight excluding hydrogens is 511 g/mol. The van der Waals surface area contributed by atoms with E-state index < -0.39 is 39.9 Å². The summed E-state index contributed by atoms with van der Waals surface area (Å²) in [5, 5.41) is 7.59. The van der Waals surface area contributed by atoms with Gasteiger partial charge in [0, 0.05) is 6.42 Å². The van der Waals surface area contributed by atoms with Crippen molar-refractivity contribution in [2.75, 3.05) is 13.2 Å². The van der Waals surface area contributed by atoms with Crippen molar-refractivity contribution in [1.82, 2.24) is 4.90 Å². The van der Waals surface area contributed by atoms with Crippen LogP contribution in [0.1, 0.15) is 32.8 Å². The van der Waals surface area contributed by atoms with Crippen LogP contribution in [0.3, 0.4) is 0 Å². The Morgan fingerprint density at radius 1 is 1.23 bits per heavy atom. The fourth-order valence-corrected chi connectivity index (χ4v) is 3.00. The number of carbonyl (C=O) groups excluding carboxylic acids is 1. The van der Waals surface area contributed by atoms with Crippen LogP contribution in [-0.2, 0) is 25.6 Å². The lowest BCUT2D eigenvalue weighted by molar-refractivity contribution is -0.0544. The highest BCUT2D eigenvalue weighted by Crippen LogP contribution is 2.27. The Bertz CT molecular complexity index is 903. The van der Waals surface area contributed by atoms with Gasteiger partial charge in [0.2, 0.25) is 0 Å². The van der Waals surface area contributed by atoms with E-state index in [2.05, 4.69) is 20.1 Å². The molecule has 3 N–H and O–H groups in total. The van der Waals surface area contributed by atoms with E-state index in [0.29, 0.717) is 15.8 Å². The maximum absolute atomic E-state index is 12.2. The molecule has 0 spiro atoms.